The number of hydrogen-bond acceptors (Lipinski definition) is 0. The van der Waals surface area contributed by atoms with Crippen LogP contribution in [-0.2, 0) is 20.4 Å². The molecule has 0 saturated carbocycles. The van der Waals surface area contributed by atoms with E-state index in [9.17, 15) is 0 Å². The maximum absolute atomic E-state index is 0. The van der Waals surface area contributed by atoms with Crippen LogP contribution in [0.2, 0.25) is 0 Å². The van der Waals surface area contributed by atoms with Gasteiger partial charge < -0.3 is 21.9 Å². The van der Waals surface area contributed by atoms with Crippen molar-refractivity contribution < 1.29 is 42.3 Å². The van der Waals surface area contributed by atoms with Crippen LogP contribution in [0.25, 0.3) is 0 Å². The van der Waals surface area contributed by atoms with Crippen molar-refractivity contribution in [1.29, 1.82) is 0 Å². The maximum atomic E-state index is 0. The van der Waals surface area contributed by atoms with Gasteiger partial charge in [-0.15, -0.1) is 0 Å². The van der Waals surface area contributed by atoms with Crippen LogP contribution in [0.3, 0.4) is 0 Å². The summed E-state index contributed by atoms with van der Waals surface area (Å²) in [5, 5.41) is 0. The van der Waals surface area contributed by atoms with Crippen molar-refractivity contribution in [2.75, 3.05) is 0 Å². The van der Waals surface area contributed by atoms with E-state index in [4.69, 9.17) is 0 Å². The normalized spacial score (nSPS) is 0. The van der Waals surface area contributed by atoms with Crippen molar-refractivity contribution in [3.63, 3.8) is 0 Å². The molecule has 6 heavy (non-hydrogen) atoms. The Balaban J connectivity index is 0. The molecule has 0 rings (SSSR count). The Morgan fingerprint density at radius 1 is 0.500 bits per heavy atom. The van der Waals surface area contributed by atoms with Gasteiger partial charge in [0.15, 0.2) is 0 Å². The molecular weight excluding hydrogens is 193 g/mol. The molecule has 1 radical (unpaired) electrons. The third-order valence-electron chi connectivity index (χ3n) is 0. The summed E-state index contributed by atoms with van der Waals surface area (Å²) in [4.78, 5) is 0. The van der Waals surface area contributed by atoms with Crippen LogP contribution in [0.5, 0.6) is 0 Å². The molecule has 8 N–H and O–H groups in total. The van der Waals surface area contributed by atoms with Gasteiger partial charge in [-0.1, -0.05) is 0 Å². The fourth-order valence-corrected chi connectivity index (χ4v) is 0. The summed E-state index contributed by atoms with van der Waals surface area (Å²) in [6, 6.07) is 0. The van der Waals surface area contributed by atoms with E-state index >= 15 is 0 Å². The summed E-state index contributed by atoms with van der Waals surface area (Å²) >= 11 is 0. The Bertz CT molecular complexity index is 7.51. The van der Waals surface area contributed by atoms with E-state index < -0.39 is 0 Å². The molecule has 0 aromatic heterocycles. The van der Waals surface area contributed by atoms with Crippen LogP contribution in [0.15, 0.2) is 0 Å². The van der Waals surface area contributed by atoms with Crippen LogP contribution in [0.4, 0.5) is 0 Å². The molecule has 0 aromatic carbocycles. The van der Waals surface area contributed by atoms with Crippen molar-refractivity contribution in [3.8, 4) is 0 Å². The average Bonchev–Trinajstić information content (AvgIpc) is 0. The summed E-state index contributed by atoms with van der Waals surface area (Å²) in [6.45, 7) is 0. The van der Waals surface area contributed by atoms with E-state index in [0.717, 1.165) is 0 Å². The van der Waals surface area contributed by atoms with Gasteiger partial charge in [-0.25, -0.2) is 0 Å². The van der Waals surface area contributed by atoms with Gasteiger partial charge in [-0.3, -0.25) is 0 Å². The fourth-order valence-electron chi connectivity index (χ4n) is 0. The second kappa shape index (κ2) is 87.2. The zero-order valence-electron chi connectivity index (χ0n) is 3.32. The Kier molecular flexibility index (Phi) is 2040. The minimum Gasteiger partial charge on any atom is -0.412 e. The first-order valence-electron chi connectivity index (χ1n) is 0. The van der Waals surface area contributed by atoms with Gasteiger partial charge in [0.2, 0.25) is 0 Å². The molecule has 0 fully saturated rings. The minimum atomic E-state index is 0. The first-order chi connectivity index (χ1) is 0. The molecule has 0 aliphatic rings. The number of rotatable bonds is 0. The van der Waals surface area contributed by atoms with Crippen LogP contribution in [-0.4, -0.2) is 51.5 Å². The predicted molar refractivity (Wildman–Crippen MR) is 20.2 cm³/mol. The van der Waals surface area contributed by atoms with E-state index in [1.54, 1.807) is 0 Å². The predicted octanol–water partition coefficient (Wildman–Crippen LogP) is -3.68. The zero-order valence-corrected chi connectivity index (χ0v) is 6.87. The molecule has 0 bridgehead atoms. The largest absolute Gasteiger partial charge is 0.412 e. The second-order valence-corrected chi connectivity index (χ2v) is 0. The summed E-state index contributed by atoms with van der Waals surface area (Å²) in [6.07, 6.45) is 0. The molecule has 43 valence electrons. The molecule has 0 aromatic rings. The number of hydrogen-bond donors (Lipinski definition) is 0. The van der Waals surface area contributed by atoms with E-state index in [0.29, 0.717) is 0 Å². The molecule has 0 saturated heterocycles. The van der Waals surface area contributed by atoms with Crippen molar-refractivity contribution in [3.05, 3.63) is 0 Å². The molecule has 0 aliphatic heterocycles. The van der Waals surface area contributed by atoms with Gasteiger partial charge in [0.1, 0.15) is 0 Å². The minimum absolute atomic E-state index is 0. The first-order valence-corrected chi connectivity index (χ1v) is 0. The van der Waals surface area contributed by atoms with Gasteiger partial charge in [-0.05, 0) is 0 Å². The SMILES string of the molecule is O.O.O.O.[Na].[Pd]. The van der Waals surface area contributed by atoms with Crippen molar-refractivity contribution in [1.82, 2.24) is 0 Å². The summed E-state index contributed by atoms with van der Waals surface area (Å²) in [7, 11) is 0. The van der Waals surface area contributed by atoms with E-state index in [1.165, 1.54) is 0 Å². The molecule has 4 nitrogen and oxygen atoms in total. The van der Waals surface area contributed by atoms with Crippen LogP contribution in [0, 0.1) is 0 Å². The monoisotopic (exact) mass is 201 g/mol. The van der Waals surface area contributed by atoms with Gasteiger partial charge in [0.25, 0.3) is 0 Å². The summed E-state index contributed by atoms with van der Waals surface area (Å²) < 4.78 is 0. The van der Waals surface area contributed by atoms with Crippen LogP contribution in [0.1, 0.15) is 0 Å². The smallest absolute Gasteiger partial charge is 0 e. The molecule has 0 amide bonds. The van der Waals surface area contributed by atoms with E-state index in [1.807, 2.05) is 0 Å². The van der Waals surface area contributed by atoms with Gasteiger partial charge >= 0.3 is 0 Å². The van der Waals surface area contributed by atoms with Crippen LogP contribution >= 0.6 is 0 Å². The van der Waals surface area contributed by atoms with Gasteiger partial charge in [-0.2, -0.15) is 0 Å². The van der Waals surface area contributed by atoms with E-state index in [-0.39, 0.29) is 71.9 Å². The summed E-state index contributed by atoms with van der Waals surface area (Å²) in [5.41, 5.74) is 0. The van der Waals surface area contributed by atoms with Crippen molar-refractivity contribution in [2.45, 2.75) is 0 Å². The Hall–Kier alpha value is 1.50. The Morgan fingerprint density at radius 3 is 0.500 bits per heavy atom. The topological polar surface area (TPSA) is 126 Å². The molecule has 0 unspecified atom stereocenters. The Labute approximate surface area is 71.5 Å². The van der Waals surface area contributed by atoms with Gasteiger partial charge in [0, 0.05) is 50.0 Å². The molecule has 0 spiro atoms. The molecular formula is H8NaO4Pd. The third kappa shape index (κ3) is 49.4. The van der Waals surface area contributed by atoms with Crippen molar-refractivity contribution >= 4 is 29.6 Å². The third-order valence-corrected chi connectivity index (χ3v) is 0. The molecule has 0 atom stereocenters. The Morgan fingerprint density at radius 2 is 0.500 bits per heavy atom. The average molecular weight is 201 g/mol. The standard InChI is InChI=1S/Na.4H2O.Pd/h;4*1H2;. The van der Waals surface area contributed by atoms with Crippen LogP contribution < -0.4 is 0 Å². The summed E-state index contributed by atoms with van der Waals surface area (Å²) in [5.74, 6) is 0. The second-order valence-electron chi connectivity index (χ2n) is 0. The zero-order chi connectivity index (χ0) is 0. The maximum Gasteiger partial charge on any atom is 0 e. The first kappa shape index (κ1) is 141. The quantitative estimate of drug-likeness (QED) is 0.358. The molecule has 0 heterocycles. The molecule has 0 aliphatic carbocycles. The van der Waals surface area contributed by atoms with Crippen molar-refractivity contribution in [2.24, 2.45) is 0 Å². The fraction of sp³-hybridized carbons (Fsp3) is 0. The van der Waals surface area contributed by atoms with Gasteiger partial charge in [0.05, 0.1) is 0 Å². The molecule has 6 heteroatoms. The van der Waals surface area contributed by atoms with E-state index in [2.05, 4.69) is 0 Å².